The predicted molar refractivity (Wildman–Crippen MR) is 127 cm³/mol. The zero-order chi connectivity index (χ0) is 22.1. The highest BCUT2D eigenvalue weighted by molar-refractivity contribution is 7.93. The zero-order valence-electron chi connectivity index (χ0n) is 17.4. The number of rotatable bonds is 7. The lowest BCUT2D eigenvalue weighted by Crippen LogP contribution is -2.45. The highest BCUT2D eigenvalue weighted by atomic mass is 35.5. The van der Waals surface area contributed by atoms with Crippen LogP contribution in [0.15, 0.2) is 65.0 Å². The molecule has 1 N–H and O–H groups in total. The molecule has 6 nitrogen and oxygen atoms in total. The molecule has 0 amide bonds. The SMILES string of the molecule is O=S(=O)(Nc1nccs1)c1ccc(OC2CC3CCC(C2)N3Cc2ccccc2)c(Cl)c1. The van der Waals surface area contributed by atoms with Crippen molar-refractivity contribution >= 4 is 38.1 Å². The summed E-state index contributed by atoms with van der Waals surface area (Å²) in [4.78, 5) is 6.66. The first-order valence-corrected chi connectivity index (χ1v) is 13.4. The second-order valence-electron chi connectivity index (χ2n) is 8.29. The summed E-state index contributed by atoms with van der Waals surface area (Å²) >= 11 is 7.64. The number of ether oxygens (including phenoxy) is 1. The Balaban J connectivity index is 1.24. The Hall–Kier alpha value is -2.13. The highest BCUT2D eigenvalue weighted by Crippen LogP contribution is 2.39. The van der Waals surface area contributed by atoms with E-state index in [-0.39, 0.29) is 11.0 Å². The van der Waals surface area contributed by atoms with Gasteiger partial charge in [0.05, 0.1) is 9.92 Å². The van der Waals surface area contributed by atoms with E-state index in [0.717, 1.165) is 19.4 Å². The minimum atomic E-state index is -3.75. The molecule has 0 radical (unpaired) electrons. The van der Waals surface area contributed by atoms with Gasteiger partial charge in [-0.15, -0.1) is 11.3 Å². The molecule has 2 aliphatic heterocycles. The summed E-state index contributed by atoms with van der Waals surface area (Å²) in [6.45, 7) is 0.975. The largest absolute Gasteiger partial charge is 0.489 e. The predicted octanol–water partition coefficient (Wildman–Crippen LogP) is 5.17. The zero-order valence-corrected chi connectivity index (χ0v) is 19.7. The van der Waals surface area contributed by atoms with Gasteiger partial charge in [-0.05, 0) is 49.4 Å². The van der Waals surface area contributed by atoms with Crippen molar-refractivity contribution in [1.29, 1.82) is 0 Å². The van der Waals surface area contributed by atoms with Crippen LogP contribution >= 0.6 is 22.9 Å². The molecule has 2 saturated heterocycles. The summed E-state index contributed by atoms with van der Waals surface area (Å²) in [5.41, 5.74) is 1.34. The quantitative estimate of drug-likeness (QED) is 0.495. The summed E-state index contributed by atoms with van der Waals surface area (Å²) in [6, 6.07) is 16.2. The van der Waals surface area contributed by atoms with Gasteiger partial charge in [0.1, 0.15) is 11.9 Å². The van der Waals surface area contributed by atoms with Gasteiger partial charge < -0.3 is 4.74 Å². The van der Waals surface area contributed by atoms with Crippen LogP contribution in [-0.2, 0) is 16.6 Å². The van der Waals surface area contributed by atoms with Crippen molar-refractivity contribution in [2.24, 2.45) is 0 Å². The van der Waals surface area contributed by atoms with E-state index in [9.17, 15) is 8.42 Å². The van der Waals surface area contributed by atoms with Crippen LogP contribution in [0.4, 0.5) is 5.13 Å². The van der Waals surface area contributed by atoms with Crippen molar-refractivity contribution in [3.8, 4) is 5.75 Å². The molecule has 32 heavy (non-hydrogen) atoms. The molecule has 2 atom stereocenters. The van der Waals surface area contributed by atoms with E-state index >= 15 is 0 Å². The van der Waals surface area contributed by atoms with Gasteiger partial charge in [0.15, 0.2) is 5.13 Å². The molecule has 2 aliphatic rings. The van der Waals surface area contributed by atoms with E-state index in [1.807, 2.05) is 6.07 Å². The topological polar surface area (TPSA) is 71.5 Å². The highest BCUT2D eigenvalue weighted by Gasteiger charge is 2.41. The van der Waals surface area contributed by atoms with Crippen molar-refractivity contribution in [1.82, 2.24) is 9.88 Å². The van der Waals surface area contributed by atoms with E-state index in [4.69, 9.17) is 16.3 Å². The minimum absolute atomic E-state index is 0.0768. The number of nitrogens with one attached hydrogen (secondary N) is 1. The Morgan fingerprint density at radius 3 is 2.53 bits per heavy atom. The third kappa shape index (κ3) is 4.64. The average molecular weight is 490 g/mol. The normalized spacial score (nSPS) is 23.2. The maximum atomic E-state index is 12.6. The van der Waals surface area contributed by atoms with Crippen LogP contribution in [-0.4, -0.2) is 36.5 Å². The van der Waals surface area contributed by atoms with Gasteiger partial charge in [-0.25, -0.2) is 13.4 Å². The maximum absolute atomic E-state index is 12.6. The fraction of sp³-hybridized carbons (Fsp3) is 0.348. The fourth-order valence-corrected chi connectivity index (χ4v) is 6.85. The minimum Gasteiger partial charge on any atom is -0.489 e. The molecular weight excluding hydrogens is 466 g/mol. The van der Waals surface area contributed by atoms with Crippen molar-refractivity contribution in [3.05, 3.63) is 70.7 Å². The van der Waals surface area contributed by atoms with Crippen LogP contribution in [0, 0.1) is 0 Å². The van der Waals surface area contributed by atoms with E-state index < -0.39 is 10.0 Å². The average Bonchev–Trinajstić information content (AvgIpc) is 3.35. The third-order valence-electron chi connectivity index (χ3n) is 6.21. The number of sulfonamides is 1. The second-order valence-corrected chi connectivity index (χ2v) is 11.3. The van der Waals surface area contributed by atoms with E-state index in [2.05, 4.69) is 38.9 Å². The van der Waals surface area contributed by atoms with Crippen LogP contribution < -0.4 is 9.46 Å². The first kappa shape index (κ1) is 21.7. The molecule has 2 unspecified atom stereocenters. The Bertz CT molecular complexity index is 1160. The summed E-state index contributed by atoms with van der Waals surface area (Å²) < 4.78 is 33.9. The van der Waals surface area contributed by atoms with Crippen molar-refractivity contribution < 1.29 is 13.2 Å². The van der Waals surface area contributed by atoms with Crippen molar-refractivity contribution in [2.45, 2.75) is 55.3 Å². The molecule has 0 spiro atoms. The van der Waals surface area contributed by atoms with Crippen LogP contribution in [0.25, 0.3) is 0 Å². The van der Waals surface area contributed by atoms with Gasteiger partial charge in [0.2, 0.25) is 0 Å². The standard InChI is InChI=1S/C23H24ClN3O3S2/c24-21-14-20(32(28,29)26-23-25-10-11-31-23)8-9-22(21)30-19-12-17-6-7-18(13-19)27(17)15-16-4-2-1-3-5-16/h1-5,8-11,14,17-19H,6-7,12-13,15H2,(H,25,26). The Labute approximate surface area is 197 Å². The number of thiazole rings is 1. The lowest BCUT2D eigenvalue weighted by atomic mass is 9.98. The monoisotopic (exact) mass is 489 g/mol. The summed E-state index contributed by atoms with van der Waals surface area (Å²) in [6.07, 6.45) is 5.89. The molecule has 168 valence electrons. The number of hydrogen-bond donors (Lipinski definition) is 1. The number of benzene rings is 2. The van der Waals surface area contributed by atoms with Crippen LogP contribution in [0.1, 0.15) is 31.2 Å². The molecule has 0 aliphatic carbocycles. The molecule has 0 saturated carbocycles. The summed E-state index contributed by atoms with van der Waals surface area (Å²) in [7, 11) is -3.75. The number of aromatic nitrogens is 1. The van der Waals surface area contributed by atoms with Gasteiger partial charge >= 0.3 is 0 Å². The Kier molecular flexibility index (Phi) is 6.11. The van der Waals surface area contributed by atoms with Gasteiger partial charge in [-0.3, -0.25) is 9.62 Å². The Morgan fingerprint density at radius 1 is 1.12 bits per heavy atom. The molecule has 2 bridgehead atoms. The first-order chi connectivity index (χ1) is 15.5. The number of piperidine rings is 1. The molecule has 2 aromatic carbocycles. The summed E-state index contributed by atoms with van der Waals surface area (Å²) in [5, 5.41) is 2.32. The van der Waals surface area contributed by atoms with Crippen molar-refractivity contribution in [2.75, 3.05) is 4.72 Å². The van der Waals surface area contributed by atoms with E-state index in [1.54, 1.807) is 17.6 Å². The van der Waals surface area contributed by atoms with Gasteiger partial charge in [-0.2, -0.15) is 0 Å². The van der Waals surface area contributed by atoms with E-state index in [0.29, 0.717) is 28.0 Å². The molecule has 5 rings (SSSR count). The van der Waals surface area contributed by atoms with E-state index in [1.165, 1.54) is 41.9 Å². The van der Waals surface area contributed by atoms with Gasteiger partial charge in [0, 0.05) is 30.2 Å². The second kappa shape index (κ2) is 9.02. The smallest absolute Gasteiger partial charge is 0.263 e. The summed E-state index contributed by atoms with van der Waals surface area (Å²) in [5.74, 6) is 0.528. The van der Waals surface area contributed by atoms with Crippen LogP contribution in [0.3, 0.4) is 0 Å². The number of halogens is 1. The first-order valence-electron chi connectivity index (χ1n) is 10.7. The maximum Gasteiger partial charge on any atom is 0.263 e. The van der Waals surface area contributed by atoms with Crippen molar-refractivity contribution in [3.63, 3.8) is 0 Å². The molecule has 3 aromatic rings. The number of hydrogen-bond acceptors (Lipinski definition) is 6. The molecule has 9 heteroatoms. The van der Waals surface area contributed by atoms with Crippen LogP contribution in [0.5, 0.6) is 5.75 Å². The lowest BCUT2D eigenvalue weighted by molar-refractivity contribution is 0.0446. The number of fused-ring (bicyclic) bond motifs is 2. The van der Waals surface area contributed by atoms with Gasteiger partial charge in [-0.1, -0.05) is 41.9 Å². The number of anilines is 1. The fourth-order valence-electron chi connectivity index (χ4n) is 4.74. The lowest BCUT2D eigenvalue weighted by Gasteiger charge is -2.39. The Morgan fingerprint density at radius 2 is 1.88 bits per heavy atom. The molecule has 1 aromatic heterocycles. The third-order valence-corrected chi connectivity index (χ3v) is 8.66. The molecule has 2 fully saturated rings. The molecular formula is C23H24ClN3O3S2. The van der Waals surface area contributed by atoms with Gasteiger partial charge in [0.25, 0.3) is 10.0 Å². The number of nitrogens with zero attached hydrogens (tertiary/aromatic N) is 2. The molecule has 3 heterocycles. The van der Waals surface area contributed by atoms with Crippen LogP contribution in [0.2, 0.25) is 5.02 Å².